The molecule has 23 heavy (non-hydrogen) atoms. The molecule has 1 amide bonds. The Kier molecular flexibility index (Phi) is 6.31. The van der Waals surface area contributed by atoms with E-state index in [1.807, 2.05) is 24.3 Å². The molecule has 2 rings (SSSR count). The average molecular weight is 352 g/mol. The molecular formula is C18H19Cl2NO2. The van der Waals surface area contributed by atoms with Gasteiger partial charge < -0.3 is 10.1 Å². The molecule has 0 bridgehead atoms. The van der Waals surface area contributed by atoms with Gasteiger partial charge in [-0.3, -0.25) is 4.79 Å². The minimum absolute atomic E-state index is 0.130. The molecule has 1 N–H and O–H groups in total. The van der Waals surface area contributed by atoms with Gasteiger partial charge in [-0.1, -0.05) is 55.2 Å². The van der Waals surface area contributed by atoms with Crippen LogP contribution in [0.4, 0.5) is 5.69 Å². The van der Waals surface area contributed by atoms with Crippen LogP contribution in [0.3, 0.4) is 0 Å². The van der Waals surface area contributed by atoms with Crippen molar-refractivity contribution in [1.29, 1.82) is 0 Å². The number of nitrogens with one attached hydrogen (secondary N) is 1. The van der Waals surface area contributed by atoms with Gasteiger partial charge in [0, 0.05) is 16.8 Å². The summed E-state index contributed by atoms with van der Waals surface area (Å²) in [5.74, 6) is 0.524. The van der Waals surface area contributed by atoms with Crippen LogP contribution in [0.15, 0.2) is 42.5 Å². The summed E-state index contributed by atoms with van der Waals surface area (Å²) < 4.78 is 5.45. The van der Waals surface area contributed by atoms with Crippen LogP contribution in [-0.2, 0) is 4.79 Å². The molecule has 0 aliphatic heterocycles. The molecular weight excluding hydrogens is 333 g/mol. The maximum atomic E-state index is 12.1. The topological polar surface area (TPSA) is 38.3 Å². The molecule has 0 radical (unpaired) electrons. The van der Waals surface area contributed by atoms with Crippen LogP contribution in [0.2, 0.25) is 10.0 Å². The zero-order chi connectivity index (χ0) is 16.8. The lowest BCUT2D eigenvalue weighted by molar-refractivity contribution is -0.118. The fourth-order valence-corrected chi connectivity index (χ4v) is 2.51. The molecule has 0 aromatic heterocycles. The van der Waals surface area contributed by atoms with E-state index in [-0.39, 0.29) is 12.5 Å². The van der Waals surface area contributed by atoms with Gasteiger partial charge in [-0.05, 0) is 36.1 Å². The summed E-state index contributed by atoms with van der Waals surface area (Å²) in [7, 11) is 0. The van der Waals surface area contributed by atoms with Crippen LogP contribution in [0.25, 0.3) is 0 Å². The van der Waals surface area contributed by atoms with Crippen molar-refractivity contribution < 1.29 is 9.53 Å². The normalized spacial score (nSPS) is 11.8. The maximum absolute atomic E-state index is 12.1. The predicted octanol–water partition coefficient (Wildman–Crippen LogP) is 5.52. The third-order valence-electron chi connectivity index (χ3n) is 3.63. The molecule has 5 heteroatoms. The highest BCUT2D eigenvalue weighted by molar-refractivity contribution is 6.34. The number of ether oxygens (including phenoxy) is 1. The number of halogens is 2. The first-order valence-electron chi connectivity index (χ1n) is 7.48. The Labute approximate surface area is 146 Å². The van der Waals surface area contributed by atoms with E-state index in [1.165, 1.54) is 0 Å². The molecule has 0 heterocycles. The summed E-state index contributed by atoms with van der Waals surface area (Å²) in [6, 6.07) is 12.7. The van der Waals surface area contributed by atoms with E-state index >= 15 is 0 Å². The molecule has 0 saturated heterocycles. The van der Waals surface area contributed by atoms with Gasteiger partial charge in [-0.2, -0.15) is 0 Å². The van der Waals surface area contributed by atoms with Gasteiger partial charge in [0.2, 0.25) is 0 Å². The molecule has 122 valence electrons. The van der Waals surface area contributed by atoms with Crippen molar-refractivity contribution in [3.8, 4) is 5.75 Å². The largest absolute Gasteiger partial charge is 0.482 e. The monoisotopic (exact) mass is 351 g/mol. The molecule has 2 aromatic carbocycles. The summed E-state index contributed by atoms with van der Waals surface area (Å²) in [5.41, 5.74) is 1.93. The Morgan fingerprint density at radius 1 is 1.22 bits per heavy atom. The summed E-state index contributed by atoms with van der Waals surface area (Å²) in [4.78, 5) is 12.1. The summed E-state index contributed by atoms with van der Waals surface area (Å²) >= 11 is 11.9. The summed E-state index contributed by atoms with van der Waals surface area (Å²) in [6.07, 6.45) is 1.00. The van der Waals surface area contributed by atoms with Crippen LogP contribution in [0.5, 0.6) is 5.75 Å². The molecule has 1 atom stereocenters. The van der Waals surface area contributed by atoms with Crippen molar-refractivity contribution in [2.45, 2.75) is 26.2 Å². The molecule has 3 nitrogen and oxygen atoms in total. The summed E-state index contributed by atoms with van der Waals surface area (Å²) in [5, 5.41) is 3.82. The lowest BCUT2D eigenvalue weighted by atomic mass is 9.97. The Morgan fingerprint density at radius 3 is 2.70 bits per heavy atom. The number of hydrogen-bond donors (Lipinski definition) is 1. The van der Waals surface area contributed by atoms with Gasteiger partial charge >= 0.3 is 0 Å². The van der Waals surface area contributed by atoms with Crippen molar-refractivity contribution in [2.24, 2.45) is 0 Å². The Hall–Kier alpha value is -1.71. The van der Waals surface area contributed by atoms with Crippen LogP contribution >= 0.6 is 23.2 Å². The number of rotatable bonds is 6. The van der Waals surface area contributed by atoms with Gasteiger partial charge in [-0.25, -0.2) is 0 Å². The van der Waals surface area contributed by atoms with Crippen LogP contribution in [0, 0.1) is 0 Å². The lowest BCUT2D eigenvalue weighted by Crippen LogP contribution is -2.21. The van der Waals surface area contributed by atoms with E-state index < -0.39 is 0 Å². The first kappa shape index (κ1) is 17.6. The number of amides is 1. The van der Waals surface area contributed by atoms with Crippen molar-refractivity contribution in [3.05, 3.63) is 58.1 Å². The van der Waals surface area contributed by atoms with Crippen molar-refractivity contribution in [1.82, 2.24) is 0 Å². The molecule has 0 aliphatic carbocycles. The standard InChI is InChI=1S/C18H19Cl2NO2/c1-3-12(2)14-6-4-5-7-16(14)21-18(22)11-23-17-10-13(19)8-9-15(17)20/h4-10,12H,3,11H2,1-2H3,(H,21,22)/t12-/m0/s1. The summed E-state index contributed by atoms with van der Waals surface area (Å²) in [6.45, 7) is 4.12. The highest BCUT2D eigenvalue weighted by Crippen LogP contribution is 2.28. The zero-order valence-electron chi connectivity index (χ0n) is 13.1. The SMILES string of the molecule is CC[C@H](C)c1ccccc1NC(=O)COc1cc(Cl)ccc1Cl. The molecule has 0 aliphatic rings. The van der Waals surface area contributed by atoms with Gasteiger partial charge in [0.15, 0.2) is 6.61 Å². The number of carbonyl (C=O) groups is 1. The minimum Gasteiger partial charge on any atom is -0.482 e. The molecule has 0 spiro atoms. The van der Waals surface area contributed by atoms with Crippen molar-refractivity contribution in [3.63, 3.8) is 0 Å². The van der Waals surface area contributed by atoms with E-state index in [1.54, 1.807) is 18.2 Å². The number of benzene rings is 2. The van der Waals surface area contributed by atoms with Crippen LogP contribution in [-0.4, -0.2) is 12.5 Å². The third kappa shape index (κ3) is 4.88. The smallest absolute Gasteiger partial charge is 0.262 e. The fourth-order valence-electron chi connectivity index (χ4n) is 2.18. The Bertz CT molecular complexity index is 688. The predicted molar refractivity (Wildman–Crippen MR) is 95.7 cm³/mol. The quantitative estimate of drug-likeness (QED) is 0.743. The molecule has 0 fully saturated rings. The number of hydrogen-bond acceptors (Lipinski definition) is 2. The van der Waals surface area contributed by atoms with E-state index in [9.17, 15) is 4.79 Å². The Balaban J connectivity index is 2.02. The molecule has 0 saturated carbocycles. The fraction of sp³-hybridized carbons (Fsp3) is 0.278. The van der Waals surface area contributed by atoms with Crippen molar-refractivity contribution >= 4 is 34.8 Å². The first-order chi connectivity index (χ1) is 11.0. The van der Waals surface area contributed by atoms with Crippen molar-refractivity contribution in [2.75, 3.05) is 11.9 Å². The number of carbonyl (C=O) groups excluding carboxylic acids is 1. The van der Waals surface area contributed by atoms with E-state index in [2.05, 4.69) is 19.2 Å². The minimum atomic E-state index is -0.239. The second-order valence-corrected chi connectivity index (χ2v) is 6.15. The second-order valence-electron chi connectivity index (χ2n) is 5.31. The highest BCUT2D eigenvalue weighted by atomic mass is 35.5. The van der Waals surface area contributed by atoms with E-state index in [4.69, 9.17) is 27.9 Å². The van der Waals surface area contributed by atoms with Crippen LogP contribution in [0.1, 0.15) is 31.7 Å². The van der Waals surface area contributed by atoms with Crippen LogP contribution < -0.4 is 10.1 Å². The molecule has 0 unspecified atom stereocenters. The first-order valence-corrected chi connectivity index (χ1v) is 8.23. The van der Waals surface area contributed by atoms with Gasteiger partial charge in [-0.15, -0.1) is 0 Å². The molecule has 2 aromatic rings. The number of anilines is 1. The highest BCUT2D eigenvalue weighted by Gasteiger charge is 2.12. The lowest BCUT2D eigenvalue weighted by Gasteiger charge is -2.16. The van der Waals surface area contributed by atoms with E-state index in [0.29, 0.717) is 21.7 Å². The van der Waals surface area contributed by atoms with Gasteiger partial charge in [0.25, 0.3) is 5.91 Å². The van der Waals surface area contributed by atoms with E-state index in [0.717, 1.165) is 17.7 Å². The van der Waals surface area contributed by atoms with Gasteiger partial charge in [0.05, 0.1) is 5.02 Å². The second kappa shape index (κ2) is 8.23. The number of para-hydroxylation sites is 1. The average Bonchev–Trinajstić information content (AvgIpc) is 2.55. The maximum Gasteiger partial charge on any atom is 0.262 e. The van der Waals surface area contributed by atoms with Gasteiger partial charge in [0.1, 0.15) is 5.75 Å². The Morgan fingerprint density at radius 2 is 1.96 bits per heavy atom. The third-order valence-corrected chi connectivity index (χ3v) is 4.18. The zero-order valence-corrected chi connectivity index (χ0v) is 14.6.